The molecule has 0 atom stereocenters. The second kappa shape index (κ2) is 9.42. The first-order valence-electron chi connectivity index (χ1n) is 10.7. The van der Waals surface area contributed by atoms with Crippen molar-refractivity contribution in [3.05, 3.63) is 59.9 Å². The Morgan fingerprint density at radius 1 is 0.931 bits per heavy atom. The average Bonchev–Trinajstić information content (AvgIpc) is 3.08. The normalized spacial score (nSPS) is 15.8. The van der Waals surface area contributed by atoms with Crippen molar-refractivity contribution in [3.8, 4) is 5.75 Å². The minimum atomic E-state index is 0.755. The van der Waals surface area contributed by atoms with Crippen LogP contribution in [-0.4, -0.2) is 59.2 Å². The number of imidazole rings is 1. The zero-order chi connectivity index (χ0) is 20.1. The Morgan fingerprint density at radius 3 is 2.52 bits per heavy atom. The van der Waals surface area contributed by atoms with Gasteiger partial charge in [-0.05, 0) is 50.6 Å². The van der Waals surface area contributed by atoms with Gasteiger partial charge in [-0.15, -0.1) is 0 Å². The van der Waals surface area contributed by atoms with Crippen molar-refractivity contribution in [2.45, 2.75) is 32.9 Å². The number of fused-ring (bicyclic) bond motifs is 1. The molecular weight excluding hydrogens is 360 g/mol. The van der Waals surface area contributed by atoms with Crippen molar-refractivity contribution in [2.75, 3.05) is 39.8 Å². The second-order valence-corrected chi connectivity index (χ2v) is 8.07. The first-order valence-corrected chi connectivity index (χ1v) is 10.7. The molecule has 0 aliphatic carbocycles. The van der Waals surface area contributed by atoms with Crippen LogP contribution in [0.4, 0.5) is 0 Å². The largest absolute Gasteiger partial charge is 0.493 e. The number of aromatic nitrogens is 2. The molecule has 1 aliphatic heterocycles. The van der Waals surface area contributed by atoms with Crippen molar-refractivity contribution in [1.82, 2.24) is 19.4 Å². The highest BCUT2D eigenvalue weighted by Gasteiger charge is 2.18. The standard InChI is InChI=1S/C24H32N4O/c1-20-9-3-6-12-23(20)29-18-8-7-13-28-22-11-5-4-10-21(22)25-24(28)19-27-16-14-26(2)15-17-27/h3-6,9-12H,7-8,13-19H2,1-2H3. The fourth-order valence-electron chi connectivity index (χ4n) is 3.97. The van der Waals surface area contributed by atoms with Crippen LogP contribution in [-0.2, 0) is 13.1 Å². The third-order valence-corrected chi connectivity index (χ3v) is 5.82. The van der Waals surface area contributed by atoms with Gasteiger partial charge < -0.3 is 14.2 Å². The van der Waals surface area contributed by atoms with Crippen LogP contribution in [0.3, 0.4) is 0 Å². The summed E-state index contributed by atoms with van der Waals surface area (Å²) in [7, 11) is 2.20. The number of likely N-dealkylation sites (N-methyl/N-ethyl adjacent to an activating group) is 1. The monoisotopic (exact) mass is 392 g/mol. The number of hydrogen-bond donors (Lipinski definition) is 0. The molecule has 0 unspecified atom stereocenters. The quantitative estimate of drug-likeness (QED) is 0.544. The van der Waals surface area contributed by atoms with E-state index >= 15 is 0 Å². The molecule has 29 heavy (non-hydrogen) atoms. The van der Waals surface area contributed by atoms with Gasteiger partial charge in [0.25, 0.3) is 0 Å². The minimum Gasteiger partial charge on any atom is -0.493 e. The van der Waals surface area contributed by atoms with Gasteiger partial charge in [-0.25, -0.2) is 4.98 Å². The molecule has 5 heteroatoms. The van der Waals surface area contributed by atoms with Crippen molar-refractivity contribution < 1.29 is 4.74 Å². The van der Waals surface area contributed by atoms with Crippen LogP contribution in [0.1, 0.15) is 24.2 Å². The number of rotatable bonds is 8. The van der Waals surface area contributed by atoms with E-state index in [9.17, 15) is 0 Å². The van der Waals surface area contributed by atoms with Crippen molar-refractivity contribution in [1.29, 1.82) is 0 Å². The number of benzene rings is 2. The number of unbranched alkanes of at least 4 members (excludes halogenated alkanes) is 1. The lowest BCUT2D eigenvalue weighted by Crippen LogP contribution is -2.44. The van der Waals surface area contributed by atoms with E-state index in [2.05, 4.69) is 58.7 Å². The van der Waals surface area contributed by atoms with E-state index in [0.717, 1.165) is 70.0 Å². The van der Waals surface area contributed by atoms with Crippen LogP contribution in [0.5, 0.6) is 5.75 Å². The zero-order valence-corrected chi connectivity index (χ0v) is 17.7. The molecule has 4 rings (SSSR count). The topological polar surface area (TPSA) is 33.5 Å². The highest BCUT2D eigenvalue weighted by Crippen LogP contribution is 2.20. The molecular formula is C24H32N4O. The highest BCUT2D eigenvalue weighted by molar-refractivity contribution is 5.75. The molecule has 5 nitrogen and oxygen atoms in total. The average molecular weight is 393 g/mol. The number of piperazine rings is 1. The summed E-state index contributed by atoms with van der Waals surface area (Å²) >= 11 is 0. The Kier molecular flexibility index (Phi) is 6.47. The highest BCUT2D eigenvalue weighted by atomic mass is 16.5. The van der Waals surface area contributed by atoms with Gasteiger partial charge in [0.2, 0.25) is 0 Å². The molecule has 0 amide bonds. The van der Waals surface area contributed by atoms with E-state index < -0.39 is 0 Å². The molecule has 0 bridgehead atoms. The number of para-hydroxylation sites is 3. The van der Waals surface area contributed by atoms with E-state index in [1.54, 1.807) is 0 Å². The number of ether oxygens (including phenoxy) is 1. The molecule has 1 aromatic heterocycles. The van der Waals surface area contributed by atoms with Gasteiger partial charge in [0, 0.05) is 32.7 Å². The lowest BCUT2D eigenvalue weighted by molar-refractivity contribution is 0.144. The summed E-state index contributed by atoms with van der Waals surface area (Å²) in [6, 6.07) is 16.7. The van der Waals surface area contributed by atoms with Crippen molar-refractivity contribution in [3.63, 3.8) is 0 Å². The van der Waals surface area contributed by atoms with Crippen LogP contribution in [0.2, 0.25) is 0 Å². The summed E-state index contributed by atoms with van der Waals surface area (Å²) in [6.45, 7) is 9.27. The predicted molar refractivity (Wildman–Crippen MR) is 118 cm³/mol. The molecule has 1 saturated heterocycles. The molecule has 2 heterocycles. The molecule has 0 N–H and O–H groups in total. The molecule has 2 aromatic carbocycles. The minimum absolute atomic E-state index is 0.755. The SMILES string of the molecule is Cc1ccccc1OCCCCn1c(CN2CCN(C)CC2)nc2ccccc21. The summed E-state index contributed by atoms with van der Waals surface area (Å²) < 4.78 is 8.39. The Bertz CT molecular complexity index is 928. The summed E-state index contributed by atoms with van der Waals surface area (Å²) in [6.07, 6.45) is 2.12. The van der Waals surface area contributed by atoms with Crippen molar-refractivity contribution in [2.24, 2.45) is 0 Å². The van der Waals surface area contributed by atoms with Crippen LogP contribution >= 0.6 is 0 Å². The third kappa shape index (κ3) is 4.98. The zero-order valence-electron chi connectivity index (χ0n) is 17.7. The van der Waals surface area contributed by atoms with E-state index in [1.807, 2.05) is 18.2 Å². The maximum Gasteiger partial charge on any atom is 0.124 e. The van der Waals surface area contributed by atoms with Crippen LogP contribution in [0, 0.1) is 6.92 Å². The van der Waals surface area contributed by atoms with Crippen molar-refractivity contribution >= 4 is 11.0 Å². The first kappa shape index (κ1) is 19.9. The second-order valence-electron chi connectivity index (χ2n) is 8.07. The summed E-state index contributed by atoms with van der Waals surface area (Å²) in [5.41, 5.74) is 3.55. The van der Waals surface area contributed by atoms with Gasteiger partial charge in [-0.1, -0.05) is 30.3 Å². The molecule has 0 radical (unpaired) electrons. The smallest absolute Gasteiger partial charge is 0.124 e. The van der Waals surface area contributed by atoms with E-state index in [0.29, 0.717) is 0 Å². The Labute approximate surface area is 173 Å². The fourth-order valence-corrected chi connectivity index (χ4v) is 3.97. The number of aryl methyl sites for hydroxylation is 2. The molecule has 0 saturated carbocycles. The maximum absolute atomic E-state index is 5.97. The summed E-state index contributed by atoms with van der Waals surface area (Å²) in [4.78, 5) is 9.88. The molecule has 154 valence electrons. The van der Waals surface area contributed by atoms with Crippen LogP contribution < -0.4 is 4.74 Å². The first-order chi connectivity index (χ1) is 14.2. The Hall–Kier alpha value is -2.37. The van der Waals surface area contributed by atoms with E-state index in [1.165, 1.54) is 16.9 Å². The number of nitrogens with zero attached hydrogens (tertiary/aromatic N) is 4. The molecule has 1 aliphatic rings. The molecule has 3 aromatic rings. The Morgan fingerprint density at radius 2 is 1.69 bits per heavy atom. The predicted octanol–water partition coefficient (Wildman–Crippen LogP) is 3.95. The van der Waals surface area contributed by atoms with Crippen LogP contribution in [0.15, 0.2) is 48.5 Å². The fraction of sp³-hybridized carbons (Fsp3) is 0.458. The van der Waals surface area contributed by atoms with Gasteiger partial charge in [-0.2, -0.15) is 0 Å². The molecule has 0 spiro atoms. The number of hydrogen-bond acceptors (Lipinski definition) is 4. The van der Waals surface area contributed by atoms with Gasteiger partial charge in [-0.3, -0.25) is 4.90 Å². The molecule has 1 fully saturated rings. The lowest BCUT2D eigenvalue weighted by Gasteiger charge is -2.32. The summed E-state index contributed by atoms with van der Waals surface area (Å²) in [5.74, 6) is 2.19. The van der Waals surface area contributed by atoms with Crippen LogP contribution in [0.25, 0.3) is 11.0 Å². The van der Waals surface area contributed by atoms with Gasteiger partial charge in [0.1, 0.15) is 11.6 Å². The van der Waals surface area contributed by atoms with Gasteiger partial charge in [0.05, 0.1) is 24.2 Å². The van der Waals surface area contributed by atoms with Gasteiger partial charge in [0.15, 0.2) is 0 Å². The Balaban J connectivity index is 1.37. The van der Waals surface area contributed by atoms with Gasteiger partial charge >= 0.3 is 0 Å². The maximum atomic E-state index is 5.97. The third-order valence-electron chi connectivity index (χ3n) is 5.82. The lowest BCUT2D eigenvalue weighted by atomic mass is 10.2. The van der Waals surface area contributed by atoms with E-state index in [4.69, 9.17) is 9.72 Å². The summed E-state index contributed by atoms with van der Waals surface area (Å²) in [5, 5.41) is 0. The van der Waals surface area contributed by atoms with E-state index in [-0.39, 0.29) is 0 Å².